The molecule has 0 radical (unpaired) electrons. The van der Waals surface area contributed by atoms with Crippen molar-refractivity contribution in [1.29, 1.82) is 0 Å². The molecule has 1 aromatic heterocycles. The molecule has 1 aliphatic rings. The molecule has 18 heavy (non-hydrogen) atoms. The zero-order valence-corrected chi connectivity index (χ0v) is 10.9. The fourth-order valence-electron chi connectivity index (χ4n) is 2.43. The lowest BCUT2D eigenvalue weighted by Gasteiger charge is -2.21. The van der Waals surface area contributed by atoms with E-state index in [-0.39, 0.29) is 0 Å². The molecule has 94 valence electrons. The SMILES string of the molecule is Clc1ccc(-c2cc(C3CCCNC3)[nH]n2)cc1. The molecule has 3 rings (SSSR count). The summed E-state index contributed by atoms with van der Waals surface area (Å²) in [5, 5.41) is 11.7. The largest absolute Gasteiger partial charge is 0.316 e. The summed E-state index contributed by atoms with van der Waals surface area (Å²) in [7, 11) is 0. The van der Waals surface area contributed by atoms with E-state index in [1.807, 2.05) is 24.3 Å². The third-order valence-electron chi connectivity index (χ3n) is 3.47. The van der Waals surface area contributed by atoms with Gasteiger partial charge in [-0.3, -0.25) is 5.10 Å². The highest BCUT2D eigenvalue weighted by atomic mass is 35.5. The van der Waals surface area contributed by atoms with Crippen LogP contribution in [0, 0.1) is 0 Å². The lowest BCUT2D eigenvalue weighted by Crippen LogP contribution is -2.28. The Balaban J connectivity index is 1.82. The summed E-state index contributed by atoms with van der Waals surface area (Å²) in [5.74, 6) is 0.562. The molecular formula is C14H16ClN3. The van der Waals surface area contributed by atoms with Crippen molar-refractivity contribution in [3.8, 4) is 11.3 Å². The number of benzene rings is 1. The van der Waals surface area contributed by atoms with Crippen LogP contribution in [0.5, 0.6) is 0 Å². The van der Waals surface area contributed by atoms with Crippen LogP contribution < -0.4 is 5.32 Å². The van der Waals surface area contributed by atoms with E-state index in [1.54, 1.807) is 0 Å². The summed E-state index contributed by atoms with van der Waals surface area (Å²) in [4.78, 5) is 0. The molecule has 1 aromatic carbocycles. The van der Waals surface area contributed by atoms with E-state index < -0.39 is 0 Å². The molecule has 2 aromatic rings. The maximum absolute atomic E-state index is 5.89. The van der Waals surface area contributed by atoms with Crippen LogP contribution in [0.25, 0.3) is 11.3 Å². The van der Waals surface area contributed by atoms with Gasteiger partial charge in [-0.15, -0.1) is 0 Å². The minimum absolute atomic E-state index is 0.562. The van der Waals surface area contributed by atoms with Gasteiger partial charge in [-0.25, -0.2) is 0 Å². The van der Waals surface area contributed by atoms with Crippen LogP contribution in [0.1, 0.15) is 24.5 Å². The fourth-order valence-corrected chi connectivity index (χ4v) is 2.56. The molecule has 1 fully saturated rings. The molecule has 1 atom stereocenters. The van der Waals surface area contributed by atoms with E-state index in [2.05, 4.69) is 21.6 Å². The average molecular weight is 262 g/mol. The maximum atomic E-state index is 5.89. The van der Waals surface area contributed by atoms with Crippen molar-refractivity contribution in [2.24, 2.45) is 0 Å². The summed E-state index contributed by atoms with van der Waals surface area (Å²) < 4.78 is 0. The van der Waals surface area contributed by atoms with Gasteiger partial charge in [0, 0.05) is 28.7 Å². The molecule has 2 N–H and O–H groups in total. The monoisotopic (exact) mass is 261 g/mol. The summed E-state index contributed by atoms with van der Waals surface area (Å²) >= 11 is 5.89. The molecule has 3 nitrogen and oxygen atoms in total. The number of nitrogens with one attached hydrogen (secondary N) is 2. The Morgan fingerprint density at radius 3 is 2.78 bits per heavy atom. The van der Waals surface area contributed by atoms with E-state index in [1.165, 1.54) is 18.5 Å². The number of rotatable bonds is 2. The van der Waals surface area contributed by atoms with Crippen LogP contribution in [0.4, 0.5) is 0 Å². The highest BCUT2D eigenvalue weighted by Crippen LogP contribution is 2.26. The van der Waals surface area contributed by atoms with Gasteiger partial charge in [0.05, 0.1) is 5.69 Å². The summed E-state index contributed by atoms with van der Waals surface area (Å²) in [6.07, 6.45) is 2.47. The highest BCUT2D eigenvalue weighted by molar-refractivity contribution is 6.30. The predicted octanol–water partition coefficient (Wildman–Crippen LogP) is 3.20. The number of H-pyrrole nitrogens is 1. The van der Waals surface area contributed by atoms with E-state index in [0.717, 1.165) is 29.4 Å². The first-order chi connectivity index (χ1) is 8.83. The van der Waals surface area contributed by atoms with E-state index in [4.69, 9.17) is 11.6 Å². The third kappa shape index (κ3) is 2.42. The Bertz CT molecular complexity index is 512. The van der Waals surface area contributed by atoms with Gasteiger partial charge in [-0.05, 0) is 37.6 Å². The molecule has 1 saturated heterocycles. The first-order valence-corrected chi connectivity index (χ1v) is 6.73. The zero-order valence-electron chi connectivity index (χ0n) is 10.1. The second kappa shape index (κ2) is 5.12. The van der Waals surface area contributed by atoms with Gasteiger partial charge in [-0.1, -0.05) is 23.7 Å². The van der Waals surface area contributed by atoms with Crippen molar-refractivity contribution in [2.75, 3.05) is 13.1 Å². The van der Waals surface area contributed by atoms with E-state index >= 15 is 0 Å². The van der Waals surface area contributed by atoms with Crippen molar-refractivity contribution >= 4 is 11.6 Å². The van der Waals surface area contributed by atoms with Crippen LogP contribution in [0.3, 0.4) is 0 Å². The van der Waals surface area contributed by atoms with Gasteiger partial charge >= 0.3 is 0 Å². The van der Waals surface area contributed by atoms with Gasteiger partial charge in [0.1, 0.15) is 0 Å². The standard InChI is InChI=1S/C14H16ClN3/c15-12-5-3-10(4-6-12)13-8-14(18-17-13)11-2-1-7-16-9-11/h3-6,8,11,16H,1-2,7,9H2,(H,17,18). The Morgan fingerprint density at radius 2 is 2.06 bits per heavy atom. The maximum Gasteiger partial charge on any atom is 0.0923 e. The highest BCUT2D eigenvalue weighted by Gasteiger charge is 2.17. The minimum Gasteiger partial charge on any atom is -0.316 e. The number of nitrogens with zero attached hydrogens (tertiary/aromatic N) is 1. The second-order valence-corrected chi connectivity index (χ2v) is 5.20. The molecule has 1 unspecified atom stereocenters. The number of halogens is 1. The lowest BCUT2D eigenvalue weighted by atomic mass is 9.96. The van der Waals surface area contributed by atoms with Crippen molar-refractivity contribution in [3.63, 3.8) is 0 Å². The molecule has 0 aliphatic carbocycles. The van der Waals surface area contributed by atoms with Gasteiger partial charge in [-0.2, -0.15) is 5.10 Å². The lowest BCUT2D eigenvalue weighted by molar-refractivity contribution is 0.454. The van der Waals surface area contributed by atoms with Crippen molar-refractivity contribution in [1.82, 2.24) is 15.5 Å². The normalized spacial score (nSPS) is 19.9. The van der Waals surface area contributed by atoms with E-state index in [9.17, 15) is 0 Å². The number of hydrogen-bond acceptors (Lipinski definition) is 2. The molecule has 0 saturated carbocycles. The quantitative estimate of drug-likeness (QED) is 0.872. The van der Waals surface area contributed by atoms with Crippen LogP contribution in [0.2, 0.25) is 5.02 Å². The first kappa shape index (κ1) is 11.8. The minimum atomic E-state index is 0.562. The summed E-state index contributed by atoms with van der Waals surface area (Å²) in [6, 6.07) is 9.95. The molecule has 0 amide bonds. The number of piperidine rings is 1. The second-order valence-electron chi connectivity index (χ2n) is 4.76. The van der Waals surface area contributed by atoms with Crippen molar-refractivity contribution in [3.05, 3.63) is 41.0 Å². The van der Waals surface area contributed by atoms with Crippen molar-refractivity contribution in [2.45, 2.75) is 18.8 Å². The van der Waals surface area contributed by atoms with Gasteiger partial charge in [0.15, 0.2) is 0 Å². The molecular weight excluding hydrogens is 246 g/mol. The fraction of sp³-hybridized carbons (Fsp3) is 0.357. The Morgan fingerprint density at radius 1 is 1.22 bits per heavy atom. The number of hydrogen-bond donors (Lipinski definition) is 2. The van der Waals surface area contributed by atoms with Gasteiger partial charge < -0.3 is 5.32 Å². The summed E-state index contributed by atoms with van der Waals surface area (Å²) in [6.45, 7) is 2.18. The van der Waals surface area contributed by atoms with Crippen LogP contribution in [-0.4, -0.2) is 23.3 Å². The van der Waals surface area contributed by atoms with Crippen molar-refractivity contribution < 1.29 is 0 Å². The predicted molar refractivity (Wildman–Crippen MR) is 73.9 cm³/mol. The summed E-state index contributed by atoms with van der Waals surface area (Å²) in [5.41, 5.74) is 3.32. The Hall–Kier alpha value is -1.32. The number of aromatic amines is 1. The van der Waals surface area contributed by atoms with Crippen LogP contribution >= 0.6 is 11.6 Å². The molecule has 4 heteroatoms. The smallest absolute Gasteiger partial charge is 0.0923 e. The molecule has 0 bridgehead atoms. The van der Waals surface area contributed by atoms with Gasteiger partial charge in [0.2, 0.25) is 0 Å². The van der Waals surface area contributed by atoms with Crippen LogP contribution in [-0.2, 0) is 0 Å². The zero-order chi connectivity index (χ0) is 12.4. The van der Waals surface area contributed by atoms with E-state index in [0.29, 0.717) is 5.92 Å². The Labute approximate surface area is 112 Å². The van der Waals surface area contributed by atoms with Gasteiger partial charge in [0.25, 0.3) is 0 Å². The number of aromatic nitrogens is 2. The molecule has 1 aliphatic heterocycles. The Kier molecular flexibility index (Phi) is 3.35. The van der Waals surface area contributed by atoms with Crippen LogP contribution in [0.15, 0.2) is 30.3 Å². The molecule has 0 spiro atoms. The average Bonchev–Trinajstić information content (AvgIpc) is 2.90. The topological polar surface area (TPSA) is 40.7 Å². The first-order valence-electron chi connectivity index (χ1n) is 6.35. The third-order valence-corrected chi connectivity index (χ3v) is 3.73. The molecule has 2 heterocycles.